The number of likely N-dealkylation sites (N-methyl/N-ethyl adjacent to an activating group) is 1. The Labute approximate surface area is 152 Å². The summed E-state index contributed by atoms with van der Waals surface area (Å²) >= 11 is 0. The Balaban J connectivity index is 1.76. The number of para-hydroxylation sites is 2. The number of benzene rings is 2. The molecule has 6 heteroatoms. The Morgan fingerprint density at radius 3 is 2.81 bits per heavy atom. The van der Waals surface area contributed by atoms with Crippen LogP contribution in [0.4, 0.5) is 15.8 Å². The van der Waals surface area contributed by atoms with Crippen LogP contribution in [0, 0.1) is 5.82 Å². The van der Waals surface area contributed by atoms with E-state index in [4.69, 9.17) is 0 Å². The average Bonchev–Trinajstić information content (AvgIpc) is 2.68. The molecule has 5 nitrogen and oxygen atoms in total. The Hall–Kier alpha value is -2.73. The summed E-state index contributed by atoms with van der Waals surface area (Å²) < 4.78 is 13.3. The molecule has 2 amide bonds. The summed E-state index contributed by atoms with van der Waals surface area (Å²) in [6.07, 6.45) is 0.244. The van der Waals surface area contributed by atoms with Crippen molar-refractivity contribution in [2.24, 2.45) is 0 Å². The molecule has 1 aliphatic heterocycles. The summed E-state index contributed by atoms with van der Waals surface area (Å²) in [5.74, 6) is -0.490. The molecule has 0 saturated heterocycles. The van der Waals surface area contributed by atoms with Crippen LogP contribution in [0.15, 0.2) is 48.5 Å². The molecule has 2 aromatic carbocycles. The minimum atomic E-state index is -0.290. The number of rotatable bonds is 4. The second kappa shape index (κ2) is 7.66. The van der Waals surface area contributed by atoms with E-state index in [9.17, 15) is 14.0 Å². The van der Waals surface area contributed by atoms with Crippen molar-refractivity contribution in [1.29, 1.82) is 0 Å². The largest absolute Gasteiger partial charge is 0.324 e. The number of nitrogens with zero attached hydrogens (tertiary/aromatic N) is 2. The molecule has 136 valence electrons. The Kier molecular flexibility index (Phi) is 5.32. The quantitative estimate of drug-likeness (QED) is 0.917. The molecule has 0 saturated carbocycles. The Morgan fingerprint density at radius 2 is 2.04 bits per heavy atom. The summed E-state index contributed by atoms with van der Waals surface area (Å²) in [6, 6.07) is 13.4. The van der Waals surface area contributed by atoms with Crippen LogP contribution in [0.25, 0.3) is 0 Å². The average molecular weight is 355 g/mol. The van der Waals surface area contributed by atoms with Gasteiger partial charge in [-0.05, 0) is 43.8 Å². The van der Waals surface area contributed by atoms with Crippen molar-refractivity contribution >= 4 is 23.2 Å². The second-order valence-electron chi connectivity index (χ2n) is 6.68. The molecule has 1 heterocycles. The summed E-state index contributed by atoms with van der Waals surface area (Å²) in [7, 11) is 1.82. The Morgan fingerprint density at radius 1 is 1.27 bits per heavy atom. The van der Waals surface area contributed by atoms with Crippen molar-refractivity contribution < 1.29 is 14.0 Å². The van der Waals surface area contributed by atoms with Gasteiger partial charge in [0.2, 0.25) is 11.8 Å². The highest BCUT2D eigenvalue weighted by Gasteiger charge is 2.29. The fourth-order valence-corrected chi connectivity index (χ4v) is 3.28. The molecule has 0 bridgehead atoms. The Bertz CT molecular complexity index is 824. The van der Waals surface area contributed by atoms with Gasteiger partial charge in [0.1, 0.15) is 5.82 Å². The minimum absolute atomic E-state index is 0.0969. The van der Waals surface area contributed by atoms with Gasteiger partial charge in [0, 0.05) is 19.0 Å². The van der Waals surface area contributed by atoms with Crippen LogP contribution in [0.3, 0.4) is 0 Å². The molecule has 0 aliphatic carbocycles. The third-order valence-corrected chi connectivity index (χ3v) is 4.37. The molecular formula is C20H22FN3O2. The van der Waals surface area contributed by atoms with Gasteiger partial charge in [-0.1, -0.05) is 24.3 Å². The summed E-state index contributed by atoms with van der Waals surface area (Å²) in [4.78, 5) is 28.5. The lowest BCUT2D eigenvalue weighted by atomic mass is 10.1. The van der Waals surface area contributed by atoms with E-state index in [0.717, 1.165) is 5.56 Å². The van der Waals surface area contributed by atoms with Crippen LogP contribution >= 0.6 is 0 Å². The lowest BCUT2D eigenvalue weighted by molar-refractivity contribution is -0.120. The van der Waals surface area contributed by atoms with Crippen LogP contribution in [0.2, 0.25) is 0 Å². The van der Waals surface area contributed by atoms with Crippen molar-refractivity contribution in [3.63, 3.8) is 0 Å². The van der Waals surface area contributed by atoms with Crippen molar-refractivity contribution in [1.82, 2.24) is 4.90 Å². The monoisotopic (exact) mass is 355 g/mol. The smallest absolute Gasteiger partial charge is 0.241 e. The number of hydrogen-bond acceptors (Lipinski definition) is 3. The van der Waals surface area contributed by atoms with Crippen LogP contribution in [0.1, 0.15) is 18.9 Å². The third kappa shape index (κ3) is 4.08. The van der Waals surface area contributed by atoms with Crippen LogP contribution in [-0.2, 0) is 16.1 Å². The third-order valence-electron chi connectivity index (χ3n) is 4.37. The summed E-state index contributed by atoms with van der Waals surface area (Å²) in [5, 5.41) is 2.85. The number of fused-ring (bicyclic) bond motifs is 1. The number of carbonyl (C=O) groups is 2. The molecule has 0 fully saturated rings. The molecule has 3 rings (SSSR count). The SMILES string of the molecule is C[C@@H]1CC(=O)Nc2ccccc2N1C(=O)CN(C)Cc1cccc(F)c1. The topological polar surface area (TPSA) is 52.7 Å². The molecule has 1 atom stereocenters. The molecule has 1 aliphatic rings. The maximum absolute atomic E-state index is 13.3. The number of anilines is 2. The molecule has 0 spiro atoms. The van der Waals surface area contributed by atoms with Gasteiger partial charge in [-0.25, -0.2) is 4.39 Å². The molecule has 26 heavy (non-hydrogen) atoms. The maximum Gasteiger partial charge on any atom is 0.241 e. The van der Waals surface area contributed by atoms with Gasteiger partial charge in [-0.2, -0.15) is 0 Å². The number of amides is 2. The molecule has 0 unspecified atom stereocenters. The first-order valence-corrected chi connectivity index (χ1v) is 8.58. The minimum Gasteiger partial charge on any atom is -0.324 e. The molecular weight excluding hydrogens is 333 g/mol. The first-order valence-electron chi connectivity index (χ1n) is 8.58. The normalized spacial score (nSPS) is 16.8. The zero-order chi connectivity index (χ0) is 18.7. The number of nitrogens with one attached hydrogen (secondary N) is 1. The van der Waals surface area contributed by atoms with Crippen LogP contribution in [0.5, 0.6) is 0 Å². The lowest BCUT2D eigenvalue weighted by Gasteiger charge is -2.29. The van der Waals surface area contributed by atoms with Gasteiger partial charge in [0.25, 0.3) is 0 Å². The molecule has 2 aromatic rings. The van der Waals surface area contributed by atoms with Gasteiger partial charge < -0.3 is 10.2 Å². The summed E-state index contributed by atoms with van der Waals surface area (Å²) in [6.45, 7) is 2.50. The van der Waals surface area contributed by atoms with Crippen molar-refractivity contribution in [3.8, 4) is 0 Å². The van der Waals surface area contributed by atoms with Crippen molar-refractivity contribution in [2.75, 3.05) is 23.8 Å². The van der Waals surface area contributed by atoms with E-state index in [1.54, 1.807) is 17.0 Å². The zero-order valence-corrected chi connectivity index (χ0v) is 14.9. The highest BCUT2D eigenvalue weighted by molar-refractivity contribution is 6.04. The predicted molar refractivity (Wildman–Crippen MR) is 99.4 cm³/mol. The van der Waals surface area contributed by atoms with E-state index in [0.29, 0.717) is 17.9 Å². The second-order valence-corrected chi connectivity index (χ2v) is 6.68. The van der Waals surface area contributed by atoms with Gasteiger partial charge in [0.05, 0.1) is 17.9 Å². The number of carbonyl (C=O) groups excluding carboxylic acids is 2. The van der Waals surface area contributed by atoms with Crippen LogP contribution < -0.4 is 10.2 Å². The van der Waals surface area contributed by atoms with E-state index in [-0.39, 0.29) is 36.6 Å². The van der Waals surface area contributed by atoms with E-state index in [1.165, 1.54) is 12.1 Å². The van der Waals surface area contributed by atoms with E-state index < -0.39 is 0 Å². The van der Waals surface area contributed by atoms with Crippen molar-refractivity contribution in [3.05, 3.63) is 59.9 Å². The highest BCUT2D eigenvalue weighted by Crippen LogP contribution is 2.31. The number of halogens is 1. The summed E-state index contributed by atoms with van der Waals surface area (Å²) in [5.41, 5.74) is 2.15. The predicted octanol–water partition coefficient (Wildman–Crippen LogP) is 3.02. The van der Waals surface area contributed by atoms with Gasteiger partial charge in [-0.3, -0.25) is 14.5 Å². The molecule has 1 N–H and O–H groups in total. The van der Waals surface area contributed by atoms with Gasteiger partial charge >= 0.3 is 0 Å². The standard InChI is InChI=1S/C20H22FN3O2/c1-14-10-19(25)22-17-8-3-4-9-18(17)24(14)20(26)13-23(2)12-15-6-5-7-16(21)11-15/h3-9,11,14H,10,12-13H2,1-2H3,(H,22,25)/t14-/m1/s1. The van der Waals surface area contributed by atoms with E-state index >= 15 is 0 Å². The molecule has 0 radical (unpaired) electrons. The van der Waals surface area contributed by atoms with E-state index in [1.807, 2.05) is 43.1 Å². The fourth-order valence-electron chi connectivity index (χ4n) is 3.28. The fraction of sp³-hybridized carbons (Fsp3) is 0.300. The number of hydrogen-bond donors (Lipinski definition) is 1. The first kappa shape index (κ1) is 18.1. The van der Waals surface area contributed by atoms with Crippen molar-refractivity contribution in [2.45, 2.75) is 25.9 Å². The first-order chi connectivity index (χ1) is 12.4. The highest BCUT2D eigenvalue weighted by atomic mass is 19.1. The van der Waals surface area contributed by atoms with Gasteiger partial charge in [-0.15, -0.1) is 0 Å². The van der Waals surface area contributed by atoms with Crippen LogP contribution in [-0.4, -0.2) is 36.3 Å². The zero-order valence-electron chi connectivity index (χ0n) is 14.9. The lowest BCUT2D eigenvalue weighted by Crippen LogP contribution is -2.44. The molecule has 0 aromatic heterocycles. The maximum atomic E-state index is 13.3. The van der Waals surface area contributed by atoms with Gasteiger partial charge in [0.15, 0.2) is 0 Å². The van der Waals surface area contributed by atoms with E-state index in [2.05, 4.69) is 5.32 Å².